The van der Waals surface area contributed by atoms with Gasteiger partial charge in [-0.05, 0) is 64.3 Å². The van der Waals surface area contributed by atoms with Crippen LogP contribution >= 0.6 is 0 Å². The first-order valence-electron chi connectivity index (χ1n) is 9.79. The molecule has 136 valence electrons. The van der Waals surface area contributed by atoms with Gasteiger partial charge in [0.25, 0.3) is 0 Å². The highest BCUT2D eigenvalue weighted by Crippen LogP contribution is 2.27. The van der Waals surface area contributed by atoms with Crippen LogP contribution < -0.4 is 9.64 Å². The van der Waals surface area contributed by atoms with Gasteiger partial charge in [-0.1, -0.05) is 25.8 Å². The van der Waals surface area contributed by atoms with E-state index in [9.17, 15) is 0 Å². The molecule has 1 aromatic rings. The largest absolute Gasteiger partial charge is 0.496 e. The number of aryl methyl sites for hydroxylation is 1. The fraction of sp³-hybridized carbons (Fsp3) is 0.714. The number of anilines is 1. The van der Waals surface area contributed by atoms with Gasteiger partial charge in [0.05, 0.1) is 7.11 Å². The average Bonchev–Trinajstić information content (AvgIpc) is 2.87. The number of rotatable bonds is 8. The highest BCUT2D eigenvalue weighted by atomic mass is 16.5. The van der Waals surface area contributed by atoms with Crippen molar-refractivity contribution in [1.29, 1.82) is 0 Å². The number of benzene rings is 1. The molecule has 1 aromatic carbocycles. The quantitative estimate of drug-likeness (QED) is 0.675. The van der Waals surface area contributed by atoms with Gasteiger partial charge in [-0.2, -0.15) is 0 Å². The first-order chi connectivity index (χ1) is 11.7. The third kappa shape index (κ3) is 5.41. The Kier molecular flexibility index (Phi) is 7.90. The molecular formula is C21H36N2O. The zero-order chi connectivity index (χ0) is 17.4. The van der Waals surface area contributed by atoms with Crippen molar-refractivity contribution in [1.82, 2.24) is 4.90 Å². The van der Waals surface area contributed by atoms with Crippen LogP contribution in [0.5, 0.6) is 5.75 Å². The van der Waals surface area contributed by atoms with E-state index in [0.717, 1.165) is 12.3 Å². The molecular weight excluding hydrogens is 296 g/mol. The van der Waals surface area contributed by atoms with E-state index < -0.39 is 0 Å². The van der Waals surface area contributed by atoms with Crippen molar-refractivity contribution < 1.29 is 4.74 Å². The Hall–Kier alpha value is -1.22. The second-order valence-corrected chi connectivity index (χ2v) is 7.24. The van der Waals surface area contributed by atoms with Crippen molar-refractivity contribution in [2.75, 3.05) is 38.2 Å². The molecule has 1 aliphatic heterocycles. The maximum Gasteiger partial charge on any atom is 0.123 e. The number of hydrogen-bond acceptors (Lipinski definition) is 3. The predicted octanol–water partition coefficient (Wildman–Crippen LogP) is 4.87. The second-order valence-electron chi connectivity index (χ2n) is 7.24. The molecule has 0 aliphatic carbocycles. The van der Waals surface area contributed by atoms with Gasteiger partial charge in [0.2, 0.25) is 0 Å². The lowest BCUT2D eigenvalue weighted by molar-refractivity contribution is 0.273. The van der Waals surface area contributed by atoms with Gasteiger partial charge in [-0.15, -0.1) is 0 Å². The summed E-state index contributed by atoms with van der Waals surface area (Å²) in [5.74, 6) is 0.994. The third-order valence-electron chi connectivity index (χ3n) is 5.28. The van der Waals surface area contributed by atoms with Crippen LogP contribution in [-0.4, -0.2) is 44.2 Å². The molecule has 1 unspecified atom stereocenters. The molecule has 0 N–H and O–H groups in total. The Morgan fingerprint density at radius 1 is 1.17 bits per heavy atom. The summed E-state index contributed by atoms with van der Waals surface area (Å²) in [4.78, 5) is 5.23. The van der Waals surface area contributed by atoms with E-state index in [-0.39, 0.29) is 0 Å². The van der Waals surface area contributed by atoms with Gasteiger partial charge in [0.1, 0.15) is 5.75 Å². The fourth-order valence-electron chi connectivity index (χ4n) is 3.72. The zero-order valence-electron chi connectivity index (χ0n) is 16.2. The molecule has 24 heavy (non-hydrogen) atoms. The maximum absolute atomic E-state index is 5.53. The molecule has 1 atom stereocenters. The summed E-state index contributed by atoms with van der Waals surface area (Å²) in [6.07, 6.45) is 7.99. The highest BCUT2D eigenvalue weighted by molar-refractivity contribution is 5.54. The fourth-order valence-corrected chi connectivity index (χ4v) is 3.72. The van der Waals surface area contributed by atoms with E-state index in [2.05, 4.69) is 48.8 Å². The molecule has 1 heterocycles. The van der Waals surface area contributed by atoms with Crippen molar-refractivity contribution in [2.24, 2.45) is 0 Å². The van der Waals surface area contributed by atoms with Crippen molar-refractivity contribution in [3.63, 3.8) is 0 Å². The van der Waals surface area contributed by atoms with Crippen molar-refractivity contribution >= 4 is 5.69 Å². The minimum absolute atomic E-state index is 0.556. The van der Waals surface area contributed by atoms with Crippen LogP contribution in [0.1, 0.15) is 57.9 Å². The monoisotopic (exact) mass is 332 g/mol. The molecule has 0 aromatic heterocycles. The SMILES string of the molecule is CCCN(c1ccc(C)c(OC)c1)C(C)CCN1CCCCCC1. The lowest BCUT2D eigenvalue weighted by atomic mass is 10.1. The summed E-state index contributed by atoms with van der Waals surface area (Å²) in [6, 6.07) is 7.18. The van der Waals surface area contributed by atoms with E-state index in [1.807, 2.05) is 0 Å². The third-order valence-corrected chi connectivity index (χ3v) is 5.28. The lowest BCUT2D eigenvalue weighted by Crippen LogP contribution is -2.37. The van der Waals surface area contributed by atoms with E-state index in [1.54, 1.807) is 7.11 Å². The Morgan fingerprint density at radius 3 is 2.50 bits per heavy atom. The summed E-state index contributed by atoms with van der Waals surface area (Å²) in [5, 5.41) is 0. The number of ether oxygens (including phenoxy) is 1. The summed E-state index contributed by atoms with van der Waals surface area (Å²) < 4.78 is 5.53. The molecule has 0 amide bonds. The summed E-state index contributed by atoms with van der Waals surface area (Å²) >= 11 is 0. The summed E-state index contributed by atoms with van der Waals surface area (Å²) in [6.45, 7) is 11.7. The number of hydrogen-bond donors (Lipinski definition) is 0. The van der Waals surface area contributed by atoms with Gasteiger partial charge >= 0.3 is 0 Å². The highest BCUT2D eigenvalue weighted by Gasteiger charge is 2.17. The normalized spacial score (nSPS) is 17.3. The Labute approximate surface area is 149 Å². The van der Waals surface area contributed by atoms with Crippen LogP contribution in [-0.2, 0) is 0 Å². The maximum atomic E-state index is 5.53. The van der Waals surface area contributed by atoms with Gasteiger partial charge < -0.3 is 14.5 Å². The summed E-state index contributed by atoms with van der Waals surface area (Å²) in [7, 11) is 1.76. The van der Waals surface area contributed by atoms with Gasteiger partial charge in [0.15, 0.2) is 0 Å². The van der Waals surface area contributed by atoms with Crippen molar-refractivity contribution in [3.8, 4) is 5.75 Å². The molecule has 0 bridgehead atoms. The first kappa shape index (κ1) is 19.1. The van der Waals surface area contributed by atoms with E-state index in [4.69, 9.17) is 4.74 Å². The minimum Gasteiger partial charge on any atom is -0.496 e. The molecule has 0 radical (unpaired) electrons. The number of likely N-dealkylation sites (tertiary alicyclic amines) is 1. The van der Waals surface area contributed by atoms with Crippen LogP contribution in [0.25, 0.3) is 0 Å². The minimum atomic E-state index is 0.556. The topological polar surface area (TPSA) is 15.7 Å². The van der Waals surface area contributed by atoms with Gasteiger partial charge in [-0.3, -0.25) is 0 Å². The Bertz CT molecular complexity index is 481. The van der Waals surface area contributed by atoms with E-state index in [0.29, 0.717) is 6.04 Å². The van der Waals surface area contributed by atoms with Crippen LogP contribution in [0.4, 0.5) is 5.69 Å². The van der Waals surface area contributed by atoms with Crippen molar-refractivity contribution in [3.05, 3.63) is 23.8 Å². The summed E-state index contributed by atoms with van der Waals surface area (Å²) in [5.41, 5.74) is 2.50. The lowest BCUT2D eigenvalue weighted by Gasteiger charge is -2.33. The average molecular weight is 333 g/mol. The molecule has 3 nitrogen and oxygen atoms in total. The van der Waals surface area contributed by atoms with Crippen LogP contribution in [0.3, 0.4) is 0 Å². The molecule has 2 rings (SSSR count). The number of nitrogens with zero attached hydrogens (tertiary/aromatic N) is 2. The van der Waals surface area contributed by atoms with E-state index in [1.165, 1.54) is 69.4 Å². The van der Waals surface area contributed by atoms with Crippen LogP contribution in [0.2, 0.25) is 0 Å². The molecule has 1 aliphatic rings. The van der Waals surface area contributed by atoms with Crippen LogP contribution in [0, 0.1) is 6.92 Å². The van der Waals surface area contributed by atoms with E-state index >= 15 is 0 Å². The first-order valence-corrected chi connectivity index (χ1v) is 9.79. The zero-order valence-corrected chi connectivity index (χ0v) is 16.2. The van der Waals surface area contributed by atoms with Crippen molar-refractivity contribution in [2.45, 2.75) is 65.3 Å². The van der Waals surface area contributed by atoms with Crippen LogP contribution in [0.15, 0.2) is 18.2 Å². The van der Waals surface area contributed by atoms with Gasteiger partial charge in [0, 0.05) is 30.9 Å². The molecule has 0 spiro atoms. The standard InChI is InChI=1S/C21H36N2O/c1-5-13-23(20-11-10-18(2)21(17-20)24-4)19(3)12-16-22-14-8-6-7-9-15-22/h10-11,17,19H,5-9,12-16H2,1-4H3. The molecule has 1 saturated heterocycles. The van der Waals surface area contributed by atoms with Gasteiger partial charge in [-0.25, -0.2) is 0 Å². The molecule has 1 fully saturated rings. The molecule has 0 saturated carbocycles. The second kappa shape index (κ2) is 9.93. The smallest absolute Gasteiger partial charge is 0.123 e. The Morgan fingerprint density at radius 2 is 1.88 bits per heavy atom. The Balaban J connectivity index is 2.00. The predicted molar refractivity (Wildman–Crippen MR) is 104 cm³/mol. The molecule has 3 heteroatoms. The number of methoxy groups -OCH3 is 1.